The van der Waals surface area contributed by atoms with E-state index >= 15 is 0 Å². The van der Waals surface area contributed by atoms with Gasteiger partial charge in [0.1, 0.15) is 11.6 Å². The summed E-state index contributed by atoms with van der Waals surface area (Å²) in [5, 5.41) is 0. The van der Waals surface area contributed by atoms with Crippen molar-refractivity contribution in [2.75, 3.05) is 14.2 Å². The van der Waals surface area contributed by atoms with Crippen LogP contribution in [0.25, 0.3) is 0 Å². The second kappa shape index (κ2) is 6.51. The molecule has 0 radical (unpaired) electrons. The van der Waals surface area contributed by atoms with E-state index in [0.717, 1.165) is 0 Å². The largest absolute Gasteiger partial charge is 0.497 e. The Labute approximate surface area is 121 Å². The van der Waals surface area contributed by atoms with Crippen LogP contribution >= 0.6 is 0 Å². The molecule has 0 aromatic heterocycles. The molecule has 0 aliphatic carbocycles. The first-order chi connectivity index (χ1) is 10.1. The molecule has 0 spiro atoms. The van der Waals surface area contributed by atoms with Gasteiger partial charge in [0, 0.05) is 17.2 Å². The van der Waals surface area contributed by atoms with Gasteiger partial charge in [-0.15, -0.1) is 0 Å². The van der Waals surface area contributed by atoms with Crippen LogP contribution in [0.3, 0.4) is 0 Å². The first-order valence-corrected chi connectivity index (χ1v) is 6.24. The van der Waals surface area contributed by atoms with Gasteiger partial charge in [-0.05, 0) is 12.1 Å². The zero-order valence-electron chi connectivity index (χ0n) is 11.7. The highest BCUT2D eigenvalue weighted by molar-refractivity contribution is 5.40. The molecule has 4 nitrogen and oxygen atoms in total. The molecule has 2 rings (SSSR count). The van der Waals surface area contributed by atoms with Gasteiger partial charge in [0.15, 0.2) is 11.6 Å². The summed E-state index contributed by atoms with van der Waals surface area (Å²) in [7, 11) is 2.80. The lowest BCUT2D eigenvalue weighted by molar-refractivity contribution is 0.381. The van der Waals surface area contributed by atoms with Crippen LogP contribution in [-0.2, 0) is 0 Å². The predicted molar refractivity (Wildman–Crippen MR) is 75.1 cm³/mol. The fourth-order valence-electron chi connectivity index (χ4n) is 2.12. The van der Waals surface area contributed by atoms with Crippen molar-refractivity contribution in [1.29, 1.82) is 0 Å². The first-order valence-electron chi connectivity index (χ1n) is 6.24. The molecule has 0 bridgehead atoms. The molecule has 21 heavy (non-hydrogen) atoms. The Morgan fingerprint density at radius 2 is 1.81 bits per heavy atom. The van der Waals surface area contributed by atoms with Gasteiger partial charge in [-0.3, -0.25) is 5.84 Å². The summed E-state index contributed by atoms with van der Waals surface area (Å²) in [6.45, 7) is 0. The van der Waals surface area contributed by atoms with Crippen LogP contribution in [0.4, 0.5) is 8.78 Å². The molecule has 0 amide bonds. The van der Waals surface area contributed by atoms with E-state index in [2.05, 4.69) is 5.43 Å². The lowest BCUT2D eigenvalue weighted by atomic mass is 9.98. The number of nitrogens with one attached hydrogen (secondary N) is 1. The molecule has 0 saturated heterocycles. The van der Waals surface area contributed by atoms with Crippen LogP contribution in [0.5, 0.6) is 11.5 Å². The van der Waals surface area contributed by atoms with Crippen LogP contribution in [-0.4, -0.2) is 14.2 Å². The third-order valence-corrected chi connectivity index (χ3v) is 3.21. The zero-order chi connectivity index (χ0) is 15.4. The number of hydrazine groups is 1. The summed E-state index contributed by atoms with van der Waals surface area (Å²) in [4.78, 5) is 0. The third-order valence-electron chi connectivity index (χ3n) is 3.21. The standard InChI is InChI=1S/C15H16F2N2O2/c1-20-9-6-7-10(12(16)8-9)15(19-18)11-4-3-5-13(21-2)14(11)17/h3-8,15,19H,18H2,1-2H3. The number of benzene rings is 2. The predicted octanol–water partition coefficient (Wildman–Crippen LogP) is 2.53. The van der Waals surface area contributed by atoms with Gasteiger partial charge in [0.05, 0.1) is 20.3 Å². The highest BCUT2D eigenvalue weighted by Gasteiger charge is 2.22. The van der Waals surface area contributed by atoms with E-state index in [0.29, 0.717) is 5.75 Å². The molecule has 6 heteroatoms. The SMILES string of the molecule is COc1ccc(C(NN)c2cccc(OC)c2F)c(F)c1. The van der Waals surface area contributed by atoms with Crippen molar-refractivity contribution >= 4 is 0 Å². The van der Waals surface area contributed by atoms with E-state index in [9.17, 15) is 8.78 Å². The molecular weight excluding hydrogens is 278 g/mol. The topological polar surface area (TPSA) is 56.5 Å². The van der Waals surface area contributed by atoms with Gasteiger partial charge in [-0.2, -0.15) is 0 Å². The molecule has 2 aromatic rings. The number of hydrogen-bond donors (Lipinski definition) is 2. The van der Waals surface area contributed by atoms with E-state index in [-0.39, 0.29) is 16.9 Å². The Bertz CT molecular complexity index is 635. The lowest BCUT2D eigenvalue weighted by Gasteiger charge is -2.19. The molecule has 3 N–H and O–H groups in total. The number of methoxy groups -OCH3 is 2. The normalized spacial score (nSPS) is 12.0. The number of ether oxygens (including phenoxy) is 2. The minimum atomic E-state index is -0.842. The Morgan fingerprint density at radius 1 is 1.05 bits per heavy atom. The van der Waals surface area contributed by atoms with E-state index in [4.69, 9.17) is 15.3 Å². The third kappa shape index (κ3) is 2.96. The smallest absolute Gasteiger partial charge is 0.170 e. The van der Waals surface area contributed by atoms with Gasteiger partial charge >= 0.3 is 0 Å². The zero-order valence-corrected chi connectivity index (χ0v) is 11.7. The van der Waals surface area contributed by atoms with E-state index in [1.54, 1.807) is 12.1 Å². The maximum atomic E-state index is 14.3. The quantitative estimate of drug-likeness (QED) is 0.657. The van der Waals surface area contributed by atoms with Gasteiger partial charge in [-0.25, -0.2) is 14.2 Å². The van der Waals surface area contributed by atoms with Crippen LogP contribution in [0.2, 0.25) is 0 Å². The summed E-state index contributed by atoms with van der Waals surface area (Å²) >= 11 is 0. The Hall–Kier alpha value is -2.18. The molecule has 2 aromatic carbocycles. The van der Waals surface area contributed by atoms with Crippen LogP contribution < -0.4 is 20.7 Å². The fourth-order valence-corrected chi connectivity index (χ4v) is 2.12. The van der Waals surface area contributed by atoms with E-state index in [1.807, 2.05) is 0 Å². The van der Waals surface area contributed by atoms with Crippen molar-refractivity contribution in [2.45, 2.75) is 6.04 Å². The maximum Gasteiger partial charge on any atom is 0.170 e. The monoisotopic (exact) mass is 294 g/mol. The first kappa shape index (κ1) is 15.2. The Morgan fingerprint density at radius 3 is 2.38 bits per heavy atom. The second-order valence-electron chi connectivity index (χ2n) is 4.35. The number of nitrogens with two attached hydrogens (primary N) is 1. The summed E-state index contributed by atoms with van der Waals surface area (Å²) in [6.07, 6.45) is 0. The van der Waals surface area contributed by atoms with Crippen molar-refractivity contribution in [3.05, 3.63) is 59.2 Å². The molecule has 0 heterocycles. The average Bonchev–Trinajstić information content (AvgIpc) is 2.50. The van der Waals surface area contributed by atoms with Crippen molar-refractivity contribution in [3.8, 4) is 11.5 Å². The lowest BCUT2D eigenvalue weighted by Crippen LogP contribution is -2.30. The number of halogens is 2. The molecule has 0 fully saturated rings. The molecule has 1 unspecified atom stereocenters. The van der Waals surface area contributed by atoms with Crippen LogP contribution in [0, 0.1) is 11.6 Å². The summed E-state index contributed by atoms with van der Waals surface area (Å²) < 4.78 is 38.3. The molecular formula is C15H16F2N2O2. The van der Waals surface area contributed by atoms with Crippen LogP contribution in [0.15, 0.2) is 36.4 Å². The van der Waals surface area contributed by atoms with Gasteiger partial charge in [-0.1, -0.05) is 18.2 Å². The minimum absolute atomic E-state index is 0.0710. The van der Waals surface area contributed by atoms with Crippen molar-refractivity contribution in [1.82, 2.24) is 5.43 Å². The van der Waals surface area contributed by atoms with Gasteiger partial charge < -0.3 is 9.47 Å². The molecule has 0 aliphatic rings. The molecule has 0 aliphatic heterocycles. The van der Waals surface area contributed by atoms with Crippen LogP contribution in [0.1, 0.15) is 17.2 Å². The summed E-state index contributed by atoms with van der Waals surface area (Å²) in [6, 6.07) is 8.08. The Kier molecular flexibility index (Phi) is 4.72. The van der Waals surface area contributed by atoms with Crippen molar-refractivity contribution < 1.29 is 18.3 Å². The molecule has 112 valence electrons. The minimum Gasteiger partial charge on any atom is -0.497 e. The molecule has 1 atom stereocenters. The highest BCUT2D eigenvalue weighted by atomic mass is 19.1. The van der Waals surface area contributed by atoms with E-state index < -0.39 is 17.7 Å². The average molecular weight is 294 g/mol. The number of hydrogen-bond acceptors (Lipinski definition) is 4. The maximum absolute atomic E-state index is 14.3. The van der Waals surface area contributed by atoms with Crippen molar-refractivity contribution in [2.24, 2.45) is 5.84 Å². The summed E-state index contributed by atoms with van der Waals surface area (Å²) in [5.74, 6) is 4.80. The van der Waals surface area contributed by atoms with Crippen molar-refractivity contribution in [3.63, 3.8) is 0 Å². The van der Waals surface area contributed by atoms with Gasteiger partial charge in [0.25, 0.3) is 0 Å². The second-order valence-corrected chi connectivity index (χ2v) is 4.35. The number of rotatable bonds is 5. The summed E-state index contributed by atoms with van der Waals surface area (Å²) in [5.41, 5.74) is 2.84. The molecule has 0 saturated carbocycles. The van der Waals surface area contributed by atoms with E-state index in [1.165, 1.54) is 38.5 Å². The Balaban J connectivity index is 2.50. The fraction of sp³-hybridized carbons (Fsp3) is 0.200. The highest BCUT2D eigenvalue weighted by Crippen LogP contribution is 2.31. The van der Waals surface area contributed by atoms with Gasteiger partial charge in [0.2, 0.25) is 0 Å².